The molecule has 0 unspecified atom stereocenters. The van der Waals surface area contributed by atoms with Crippen LogP contribution >= 0.6 is 15.9 Å². The average Bonchev–Trinajstić information content (AvgIpc) is 2.92. The van der Waals surface area contributed by atoms with Gasteiger partial charge >= 0.3 is 0 Å². The van der Waals surface area contributed by atoms with Crippen molar-refractivity contribution in [3.8, 4) is 0 Å². The Morgan fingerprint density at radius 3 is 2.76 bits per heavy atom. The van der Waals surface area contributed by atoms with Crippen molar-refractivity contribution in [2.24, 2.45) is 5.92 Å². The van der Waals surface area contributed by atoms with Crippen LogP contribution in [0.2, 0.25) is 0 Å². The van der Waals surface area contributed by atoms with E-state index in [0.717, 1.165) is 24.1 Å². The summed E-state index contributed by atoms with van der Waals surface area (Å²) < 4.78 is 6.25. The molecule has 1 aromatic carbocycles. The Hall–Kier alpha value is -1.26. The van der Waals surface area contributed by atoms with Gasteiger partial charge in [0.1, 0.15) is 0 Å². The van der Waals surface area contributed by atoms with E-state index < -0.39 is 0 Å². The zero-order chi connectivity index (χ0) is 15.2. The first kappa shape index (κ1) is 16.1. The van der Waals surface area contributed by atoms with E-state index in [9.17, 15) is 0 Å². The molecule has 0 amide bonds. The van der Waals surface area contributed by atoms with Gasteiger partial charge < -0.3 is 14.6 Å². The van der Waals surface area contributed by atoms with Crippen LogP contribution in [0, 0.1) is 5.92 Å². The SMILES string of the molecule is CC(C)CNCc1ccc(Br)cc1N(C)Cc1ccoc1. The zero-order valence-corrected chi connectivity index (χ0v) is 14.5. The highest BCUT2D eigenvalue weighted by Gasteiger charge is 2.09. The number of hydrogen-bond donors (Lipinski definition) is 1. The third-order valence-electron chi connectivity index (χ3n) is 3.33. The predicted octanol–water partition coefficient (Wildman–Crippen LogP) is 4.42. The first-order chi connectivity index (χ1) is 10.1. The molecule has 3 nitrogen and oxygen atoms in total. The number of hydrogen-bond acceptors (Lipinski definition) is 3. The van der Waals surface area contributed by atoms with E-state index in [-0.39, 0.29) is 0 Å². The molecule has 0 aliphatic carbocycles. The molecule has 0 radical (unpaired) electrons. The van der Waals surface area contributed by atoms with Crippen molar-refractivity contribution in [2.45, 2.75) is 26.9 Å². The summed E-state index contributed by atoms with van der Waals surface area (Å²) >= 11 is 3.57. The van der Waals surface area contributed by atoms with Gasteiger partial charge in [-0.15, -0.1) is 0 Å². The number of rotatable bonds is 7. The molecule has 0 fully saturated rings. The molecule has 21 heavy (non-hydrogen) atoms. The van der Waals surface area contributed by atoms with Crippen molar-refractivity contribution in [3.63, 3.8) is 0 Å². The standard InChI is InChI=1S/C17H23BrN2O/c1-13(2)9-19-10-15-4-5-16(18)8-17(15)20(3)11-14-6-7-21-12-14/h4-8,12-13,19H,9-11H2,1-3H3. The van der Waals surface area contributed by atoms with Gasteiger partial charge in [-0.25, -0.2) is 0 Å². The normalized spacial score (nSPS) is 11.1. The number of halogens is 1. The fourth-order valence-electron chi connectivity index (χ4n) is 2.28. The molecule has 1 heterocycles. The topological polar surface area (TPSA) is 28.4 Å². The van der Waals surface area contributed by atoms with Gasteiger partial charge in [-0.05, 0) is 36.2 Å². The van der Waals surface area contributed by atoms with Crippen molar-refractivity contribution in [1.29, 1.82) is 0 Å². The number of anilines is 1. The van der Waals surface area contributed by atoms with Crippen molar-refractivity contribution in [1.82, 2.24) is 5.32 Å². The first-order valence-corrected chi connectivity index (χ1v) is 8.07. The second kappa shape index (κ2) is 7.66. The van der Waals surface area contributed by atoms with Crippen molar-refractivity contribution >= 4 is 21.6 Å². The Balaban J connectivity index is 2.10. The van der Waals surface area contributed by atoms with Crippen LogP contribution in [-0.2, 0) is 13.1 Å². The van der Waals surface area contributed by atoms with E-state index in [1.165, 1.54) is 16.8 Å². The number of benzene rings is 1. The van der Waals surface area contributed by atoms with Gasteiger partial charge in [-0.3, -0.25) is 0 Å². The van der Waals surface area contributed by atoms with Gasteiger partial charge in [0.15, 0.2) is 0 Å². The Morgan fingerprint density at radius 2 is 2.10 bits per heavy atom. The van der Waals surface area contributed by atoms with Gasteiger partial charge in [0.2, 0.25) is 0 Å². The molecule has 0 saturated heterocycles. The van der Waals surface area contributed by atoms with Crippen LogP contribution in [0.4, 0.5) is 5.69 Å². The Morgan fingerprint density at radius 1 is 1.29 bits per heavy atom. The summed E-state index contributed by atoms with van der Waals surface area (Å²) in [6.45, 7) is 7.20. The fourth-order valence-corrected chi connectivity index (χ4v) is 2.63. The van der Waals surface area contributed by atoms with Gasteiger partial charge in [0.25, 0.3) is 0 Å². The lowest BCUT2D eigenvalue weighted by atomic mass is 10.1. The molecule has 114 valence electrons. The smallest absolute Gasteiger partial charge is 0.0952 e. The van der Waals surface area contributed by atoms with Crippen molar-refractivity contribution < 1.29 is 4.42 Å². The minimum atomic E-state index is 0.660. The molecular weight excluding hydrogens is 328 g/mol. The minimum absolute atomic E-state index is 0.660. The molecule has 0 aliphatic heterocycles. The molecule has 4 heteroatoms. The van der Waals surface area contributed by atoms with Crippen LogP contribution in [0.15, 0.2) is 45.7 Å². The number of nitrogens with one attached hydrogen (secondary N) is 1. The molecule has 1 N–H and O–H groups in total. The van der Waals surface area contributed by atoms with Gasteiger partial charge in [0, 0.05) is 35.9 Å². The fraction of sp³-hybridized carbons (Fsp3) is 0.412. The second-order valence-electron chi connectivity index (χ2n) is 5.79. The number of nitrogens with zero attached hydrogens (tertiary/aromatic N) is 1. The maximum atomic E-state index is 5.15. The predicted molar refractivity (Wildman–Crippen MR) is 91.5 cm³/mol. The van der Waals surface area contributed by atoms with Gasteiger partial charge in [-0.2, -0.15) is 0 Å². The highest BCUT2D eigenvalue weighted by Crippen LogP contribution is 2.25. The third kappa shape index (κ3) is 4.90. The molecule has 1 aromatic heterocycles. The van der Waals surface area contributed by atoms with E-state index in [1.807, 2.05) is 6.07 Å². The van der Waals surface area contributed by atoms with E-state index in [4.69, 9.17) is 4.42 Å². The summed E-state index contributed by atoms with van der Waals surface area (Å²) in [6, 6.07) is 8.46. The monoisotopic (exact) mass is 350 g/mol. The number of furan rings is 1. The summed E-state index contributed by atoms with van der Waals surface area (Å²) in [5.41, 5.74) is 3.73. The Bertz CT molecular complexity index is 552. The quantitative estimate of drug-likeness (QED) is 0.800. The van der Waals surface area contributed by atoms with Gasteiger partial charge in [0.05, 0.1) is 12.5 Å². The maximum Gasteiger partial charge on any atom is 0.0952 e. The molecule has 0 bridgehead atoms. The average molecular weight is 351 g/mol. The van der Waals surface area contributed by atoms with Crippen LogP contribution in [-0.4, -0.2) is 13.6 Å². The van der Waals surface area contributed by atoms with Crippen molar-refractivity contribution in [2.75, 3.05) is 18.5 Å². The van der Waals surface area contributed by atoms with E-state index in [2.05, 4.69) is 65.2 Å². The summed E-state index contributed by atoms with van der Waals surface area (Å²) in [6.07, 6.45) is 3.51. The van der Waals surface area contributed by atoms with E-state index in [0.29, 0.717) is 5.92 Å². The molecule has 0 atom stereocenters. The zero-order valence-electron chi connectivity index (χ0n) is 12.9. The highest BCUT2D eigenvalue weighted by atomic mass is 79.9. The lowest BCUT2D eigenvalue weighted by molar-refractivity contribution is 0.552. The largest absolute Gasteiger partial charge is 0.472 e. The lowest BCUT2D eigenvalue weighted by Gasteiger charge is -2.23. The second-order valence-corrected chi connectivity index (χ2v) is 6.70. The summed E-state index contributed by atoms with van der Waals surface area (Å²) in [7, 11) is 2.11. The molecule has 2 rings (SSSR count). The molecule has 2 aromatic rings. The van der Waals surface area contributed by atoms with E-state index in [1.54, 1.807) is 12.5 Å². The van der Waals surface area contributed by atoms with Crippen LogP contribution in [0.5, 0.6) is 0 Å². The third-order valence-corrected chi connectivity index (χ3v) is 3.82. The summed E-state index contributed by atoms with van der Waals surface area (Å²) in [5.74, 6) is 0.660. The van der Waals surface area contributed by atoms with Crippen LogP contribution in [0.1, 0.15) is 25.0 Å². The van der Waals surface area contributed by atoms with Gasteiger partial charge in [-0.1, -0.05) is 35.8 Å². The molecule has 0 saturated carbocycles. The highest BCUT2D eigenvalue weighted by molar-refractivity contribution is 9.10. The molecule has 0 spiro atoms. The Labute approximate surface area is 135 Å². The van der Waals surface area contributed by atoms with Crippen LogP contribution in [0.25, 0.3) is 0 Å². The first-order valence-electron chi connectivity index (χ1n) is 7.27. The van der Waals surface area contributed by atoms with Crippen LogP contribution < -0.4 is 10.2 Å². The summed E-state index contributed by atoms with van der Waals surface area (Å²) in [4.78, 5) is 2.25. The van der Waals surface area contributed by atoms with Crippen molar-refractivity contribution in [3.05, 3.63) is 52.4 Å². The van der Waals surface area contributed by atoms with Crippen LogP contribution in [0.3, 0.4) is 0 Å². The maximum absolute atomic E-state index is 5.15. The molecule has 0 aliphatic rings. The minimum Gasteiger partial charge on any atom is -0.472 e. The lowest BCUT2D eigenvalue weighted by Crippen LogP contribution is -2.22. The van der Waals surface area contributed by atoms with E-state index >= 15 is 0 Å². The molecular formula is C17H23BrN2O. The summed E-state index contributed by atoms with van der Waals surface area (Å²) in [5, 5.41) is 3.51. The Kier molecular flexibility index (Phi) is 5.88.